The van der Waals surface area contributed by atoms with Crippen LogP contribution in [-0.2, 0) is 14.3 Å². The molecule has 0 saturated carbocycles. The van der Waals surface area contributed by atoms with Gasteiger partial charge in [0.05, 0.1) is 37.4 Å². The summed E-state index contributed by atoms with van der Waals surface area (Å²) in [5.74, 6) is -1.29. The molecule has 2 aromatic carbocycles. The van der Waals surface area contributed by atoms with Gasteiger partial charge in [0, 0.05) is 47.0 Å². The van der Waals surface area contributed by atoms with Crippen LogP contribution in [0.4, 0.5) is 4.39 Å². The van der Waals surface area contributed by atoms with Crippen LogP contribution in [0.25, 0.3) is 28.1 Å². The molecule has 2 atom stereocenters. The molecule has 0 aliphatic carbocycles. The van der Waals surface area contributed by atoms with Crippen molar-refractivity contribution >= 4 is 28.9 Å². The van der Waals surface area contributed by atoms with Crippen molar-refractivity contribution in [3.8, 4) is 11.1 Å². The number of rotatable bonds is 15. The van der Waals surface area contributed by atoms with Crippen molar-refractivity contribution in [2.24, 2.45) is 0 Å². The minimum Gasteiger partial charge on any atom is -0.466 e. The van der Waals surface area contributed by atoms with Crippen LogP contribution in [0.3, 0.4) is 0 Å². The Balaban J connectivity index is 1.26. The van der Waals surface area contributed by atoms with Gasteiger partial charge < -0.3 is 24.3 Å². The number of hydrogen-bond acceptors (Lipinski definition) is 7. The van der Waals surface area contributed by atoms with Crippen LogP contribution >= 0.6 is 0 Å². The number of halogens is 1. The van der Waals surface area contributed by atoms with E-state index in [4.69, 9.17) is 9.47 Å². The van der Waals surface area contributed by atoms with Crippen LogP contribution < -0.4 is 0 Å². The second-order valence-corrected chi connectivity index (χ2v) is 10.9. The molecule has 0 amide bonds. The highest BCUT2D eigenvalue weighted by molar-refractivity contribution is 6.01. The highest BCUT2D eigenvalue weighted by atomic mass is 19.1. The van der Waals surface area contributed by atoms with Gasteiger partial charge in [0.25, 0.3) is 0 Å². The first kappa shape index (κ1) is 32.6. The molecule has 232 valence electrons. The van der Waals surface area contributed by atoms with Crippen LogP contribution in [0.5, 0.6) is 0 Å². The Kier molecular flexibility index (Phi) is 11.8. The Morgan fingerprint density at radius 1 is 0.955 bits per heavy atom. The summed E-state index contributed by atoms with van der Waals surface area (Å²) in [7, 11) is 0. The molecule has 44 heavy (non-hydrogen) atoms. The smallest absolute Gasteiger partial charge is 0.339 e. The molecule has 4 aromatic rings. The number of fused-ring (bicyclic) bond motifs is 1. The zero-order valence-electron chi connectivity index (χ0n) is 25.1. The molecule has 2 heterocycles. The third kappa shape index (κ3) is 8.84. The van der Waals surface area contributed by atoms with Crippen LogP contribution in [0.1, 0.15) is 68.0 Å². The Morgan fingerprint density at radius 2 is 1.68 bits per heavy atom. The Hall–Kier alpha value is -4.34. The zero-order chi connectivity index (χ0) is 31.5. The highest BCUT2D eigenvalue weighted by Crippen LogP contribution is 2.38. The van der Waals surface area contributed by atoms with E-state index in [1.54, 1.807) is 36.5 Å². The molecule has 8 nitrogen and oxygen atoms in total. The minimum absolute atomic E-state index is 0.0400. The third-order valence-corrected chi connectivity index (χ3v) is 7.17. The Labute approximate surface area is 256 Å². The predicted molar refractivity (Wildman–Crippen MR) is 167 cm³/mol. The van der Waals surface area contributed by atoms with E-state index in [1.807, 2.05) is 30.3 Å². The summed E-state index contributed by atoms with van der Waals surface area (Å²) in [6.45, 7) is 4.59. The number of aromatic nitrogens is 2. The summed E-state index contributed by atoms with van der Waals surface area (Å²) in [5.41, 5.74) is 4.05. The van der Waals surface area contributed by atoms with Gasteiger partial charge >= 0.3 is 11.9 Å². The lowest BCUT2D eigenvalue weighted by Crippen LogP contribution is -2.21. The summed E-state index contributed by atoms with van der Waals surface area (Å²) >= 11 is 0. The lowest BCUT2D eigenvalue weighted by atomic mass is 10.0. The number of esters is 2. The van der Waals surface area contributed by atoms with E-state index >= 15 is 0 Å². The van der Waals surface area contributed by atoms with Crippen molar-refractivity contribution in [2.75, 3.05) is 13.2 Å². The van der Waals surface area contributed by atoms with Crippen LogP contribution in [0.15, 0.2) is 79.1 Å². The van der Waals surface area contributed by atoms with Crippen molar-refractivity contribution in [1.82, 2.24) is 9.55 Å². The van der Waals surface area contributed by atoms with Crippen molar-refractivity contribution in [3.05, 3.63) is 96.2 Å². The number of aliphatic hydroxyl groups excluding tert-OH is 2. The fourth-order valence-corrected chi connectivity index (χ4v) is 5.12. The molecule has 0 bridgehead atoms. The fraction of sp³-hybridized carbons (Fsp3) is 0.343. The Morgan fingerprint density at radius 3 is 2.39 bits per heavy atom. The average molecular weight is 603 g/mol. The predicted octanol–water partition coefficient (Wildman–Crippen LogP) is 6.51. The second kappa shape index (κ2) is 15.9. The highest BCUT2D eigenvalue weighted by Gasteiger charge is 2.20. The fourth-order valence-electron chi connectivity index (χ4n) is 5.12. The van der Waals surface area contributed by atoms with Gasteiger partial charge in [-0.3, -0.25) is 9.78 Å². The topological polar surface area (TPSA) is 111 Å². The van der Waals surface area contributed by atoms with E-state index < -0.39 is 24.1 Å². The Bertz CT molecular complexity index is 1550. The van der Waals surface area contributed by atoms with E-state index in [0.717, 1.165) is 27.7 Å². The number of benzene rings is 2. The van der Waals surface area contributed by atoms with Gasteiger partial charge in [0.2, 0.25) is 0 Å². The molecule has 0 spiro atoms. The first-order valence-electron chi connectivity index (χ1n) is 14.9. The van der Waals surface area contributed by atoms with Crippen molar-refractivity contribution in [1.29, 1.82) is 0 Å². The van der Waals surface area contributed by atoms with Gasteiger partial charge in [-0.25, -0.2) is 9.18 Å². The van der Waals surface area contributed by atoms with E-state index in [1.165, 1.54) is 18.3 Å². The maximum absolute atomic E-state index is 13.7. The zero-order valence-corrected chi connectivity index (χ0v) is 25.1. The lowest BCUT2D eigenvalue weighted by molar-refractivity contribution is -0.146. The van der Waals surface area contributed by atoms with Crippen LogP contribution in [-0.4, -0.2) is 57.1 Å². The quantitative estimate of drug-likeness (QED) is 0.118. The van der Waals surface area contributed by atoms with Gasteiger partial charge in [0.1, 0.15) is 5.82 Å². The minimum atomic E-state index is -1.08. The molecule has 2 aromatic heterocycles. The molecule has 0 unspecified atom stereocenters. The van der Waals surface area contributed by atoms with Crippen LogP contribution in [0, 0.1) is 5.82 Å². The van der Waals surface area contributed by atoms with E-state index in [9.17, 15) is 24.2 Å². The molecule has 0 radical (unpaired) electrons. The number of unbranched alkanes of at least 4 members (excludes halogenated alkanes) is 2. The number of para-hydroxylation sites is 1. The molecule has 2 N–H and O–H groups in total. The van der Waals surface area contributed by atoms with Gasteiger partial charge in [-0.2, -0.15) is 0 Å². The SMILES string of the molecule is CC(C)n1c(/C=C/[C@@H](O)C[C@@H](O)CC(=O)OCCCCCOC(=O)c2cccnc2)c(-c2ccc(F)cc2)c2ccccc21. The van der Waals surface area contributed by atoms with E-state index in [2.05, 4.69) is 23.4 Å². The first-order chi connectivity index (χ1) is 21.2. The molecule has 4 rings (SSSR count). The largest absolute Gasteiger partial charge is 0.466 e. The molecule has 0 fully saturated rings. The number of aliphatic hydroxyl groups is 2. The second-order valence-electron chi connectivity index (χ2n) is 10.9. The van der Waals surface area contributed by atoms with E-state index in [0.29, 0.717) is 24.8 Å². The number of hydrogen-bond donors (Lipinski definition) is 2. The van der Waals surface area contributed by atoms with Gasteiger partial charge in [0.15, 0.2) is 0 Å². The lowest BCUT2D eigenvalue weighted by Gasteiger charge is -2.15. The molecular formula is C35H39FN2O6. The number of ether oxygens (including phenoxy) is 2. The molecule has 0 saturated heterocycles. The third-order valence-electron chi connectivity index (χ3n) is 7.17. The molecule has 9 heteroatoms. The summed E-state index contributed by atoms with van der Waals surface area (Å²) in [4.78, 5) is 28.0. The molecule has 0 aliphatic heterocycles. The van der Waals surface area contributed by atoms with Gasteiger partial charge in [-0.1, -0.05) is 36.4 Å². The average Bonchev–Trinajstić information content (AvgIpc) is 3.34. The summed E-state index contributed by atoms with van der Waals surface area (Å²) in [6.07, 6.45) is 6.02. The van der Waals surface area contributed by atoms with Crippen molar-refractivity contribution in [3.63, 3.8) is 0 Å². The first-order valence-corrected chi connectivity index (χ1v) is 14.9. The van der Waals surface area contributed by atoms with Crippen molar-refractivity contribution in [2.45, 2.75) is 64.2 Å². The summed E-state index contributed by atoms with van der Waals surface area (Å²) in [6, 6.07) is 17.7. The van der Waals surface area contributed by atoms with Crippen LogP contribution in [0.2, 0.25) is 0 Å². The van der Waals surface area contributed by atoms with Gasteiger partial charge in [-0.05, 0) is 75.1 Å². The molecule has 0 aliphatic rings. The maximum atomic E-state index is 13.7. The summed E-state index contributed by atoms with van der Waals surface area (Å²) in [5, 5.41) is 22.2. The standard InChI is InChI=1S/C35H39FN2O6/c1-24(2)38-31-11-5-4-10-30(31)34(25-12-14-27(36)15-13-25)32(38)17-16-28(39)21-29(40)22-33(41)43-19-6-3-7-20-44-35(42)26-9-8-18-37-23-26/h4-5,8-18,23-24,28-29,39-40H,3,6-7,19-22H2,1-2H3/b17-16+/t28-,29-/m1/s1. The molecular weight excluding hydrogens is 563 g/mol. The van der Waals surface area contributed by atoms with E-state index in [-0.39, 0.29) is 37.9 Å². The normalized spacial score (nSPS) is 13.0. The number of carbonyl (C=O) groups excluding carboxylic acids is 2. The van der Waals surface area contributed by atoms with Gasteiger partial charge in [-0.15, -0.1) is 0 Å². The van der Waals surface area contributed by atoms with Crippen molar-refractivity contribution < 1.29 is 33.7 Å². The number of carbonyl (C=O) groups is 2. The summed E-state index contributed by atoms with van der Waals surface area (Å²) < 4.78 is 26.3. The monoisotopic (exact) mass is 602 g/mol. The number of nitrogens with zero attached hydrogens (tertiary/aromatic N) is 2. The number of pyridine rings is 1. The maximum Gasteiger partial charge on any atom is 0.339 e.